The van der Waals surface area contributed by atoms with E-state index in [4.69, 9.17) is 0 Å². The van der Waals surface area contributed by atoms with Gasteiger partial charge in [0.15, 0.2) is 0 Å². The number of benzene rings is 1. The molecule has 1 unspecified atom stereocenters. The van der Waals surface area contributed by atoms with Crippen LogP contribution in [-0.4, -0.2) is 35.6 Å². The van der Waals surface area contributed by atoms with Crippen LogP contribution in [0.25, 0.3) is 0 Å². The van der Waals surface area contributed by atoms with Crippen molar-refractivity contribution in [3.63, 3.8) is 0 Å². The van der Waals surface area contributed by atoms with Crippen LogP contribution >= 0.6 is 0 Å². The van der Waals surface area contributed by atoms with Gasteiger partial charge in [0, 0.05) is 45.1 Å². The van der Waals surface area contributed by atoms with Gasteiger partial charge in [-0.25, -0.2) is 0 Å². The van der Waals surface area contributed by atoms with Crippen molar-refractivity contribution in [2.75, 3.05) is 26.2 Å². The second-order valence-corrected chi connectivity index (χ2v) is 5.65. The average molecular weight is 269 g/mol. The molecule has 1 aliphatic heterocycles. The number of nitrogens with one attached hydrogen (secondary N) is 1. The van der Waals surface area contributed by atoms with Gasteiger partial charge < -0.3 is 9.88 Å². The first-order chi connectivity index (χ1) is 9.75. The van der Waals surface area contributed by atoms with Gasteiger partial charge in [-0.05, 0) is 24.6 Å². The van der Waals surface area contributed by atoms with Crippen molar-refractivity contribution in [3.05, 3.63) is 59.4 Å². The first kappa shape index (κ1) is 13.4. The summed E-state index contributed by atoms with van der Waals surface area (Å²) in [6, 6.07) is 13.7. The number of aromatic nitrogens is 1. The summed E-state index contributed by atoms with van der Waals surface area (Å²) in [5.74, 6) is 0. The van der Waals surface area contributed by atoms with Gasteiger partial charge in [-0.15, -0.1) is 0 Å². The van der Waals surface area contributed by atoms with Crippen molar-refractivity contribution in [2.45, 2.75) is 13.0 Å². The van der Waals surface area contributed by atoms with Crippen LogP contribution < -0.4 is 5.32 Å². The molecule has 3 rings (SSSR count). The van der Waals surface area contributed by atoms with Crippen LogP contribution in [-0.2, 0) is 7.05 Å². The van der Waals surface area contributed by atoms with Crippen molar-refractivity contribution in [3.8, 4) is 0 Å². The highest BCUT2D eigenvalue weighted by Crippen LogP contribution is 2.29. The zero-order chi connectivity index (χ0) is 13.9. The van der Waals surface area contributed by atoms with E-state index in [1.807, 2.05) is 0 Å². The molecule has 1 atom stereocenters. The number of hydrogen-bond donors (Lipinski definition) is 1. The Kier molecular flexibility index (Phi) is 3.90. The maximum absolute atomic E-state index is 3.44. The Bertz CT molecular complexity index is 567. The molecule has 0 radical (unpaired) electrons. The molecular formula is C17H23N3. The van der Waals surface area contributed by atoms with Crippen molar-refractivity contribution >= 4 is 0 Å². The van der Waals surface area contributed by atoms with Gasteiger partial charge in [0.1, 0.15) is 0 Å². The molecule has 106 valence electrons. The van der Waals surface area contributed by atoms with Crippen LogP contribution in [0.4, 0.5) is 0 Å². The number of nitrogens with zero attached hydrogens (tertiary/aromatic N) is 2. The molecule has 2 heterocycles. The third-order valence-electron chi connectivity index (χ3n) is 4.14. The topological polar surface area (TPSA) is 20.2 Å². The molecule has 1 fully saturated rings. The number of rotatable bonds is 3. The lowest BCUT2D eigenvalue weighted by atomic mass is 9.99. The predicted molar refractivity (Wildman–Crippen MR) is 82.9 cm³/mol. The SMILES string of the molecule is Cc1cccc(C(c2cccn2C)N2CCNCC2)c1. The van der Waals surface area contributed by atoms with Crippen LogP contribution in [0.15, 0.2) is 42.6 Å². The molecule has 3 heteroatoms. The van der Waals surface area contributed by atoms with Gasteiger partial charge >= 0.3 is 0 Å². The van der Waals surface area contributed by atoms with E-state index in [1.54, 1.807) is 0 Å². The summed E-state index contributed by atoms with van der Waals surface area (Å²) >= 11 is 0. The van der Waals surface area contributed by atoms with Gasteiger partial charge in [0.2, 0.25) is 0 Å². The van der Waals surface area contributed by atoms with E-state index in [0.717, 1.165) is 26.2 Å². The highest BCUT2D eigenvalue weighted by molar-refractivity contribution is 5.32. The lowest BCUT2D eigenvalue weighted by molar-refractivity contribution is 0.193. The van der Waals surface area contributed by atoms with E-state index in [-0.39, 0.29) is 0 Å². The first-order valence-electron chi connectivity index (χ1n) is 7.38. The molecule has 2 aromatic rings. The minimum atomic E-state index is 0.358. The standard InChI is InChI=1S/C17H23N3/c1-14-5-3-6-15(13-14)17(16-7-4-10-19(16)2)20-11-8-18-9-12-20/h3-7,10,13,17-18H,8-9,11-12H2,1-2H3. The monoisotopic (exact) mass is 269 g/mol. The van der Waals surface area contributed by atoms with E-state index in [9.17, 15) is 0 Å². The lowest BCUT2D eigenvalue weighted by Gasteiger charge is -2.35. The Morgan fingerprint density at radius 1 is 1.10 bits per heavy atom. The zero-order valence-corrected chi connectivity index (χ0v) is 12.3. The van der Waals surface area contributed by atoms with Gasteiger partial charge in [-0.1, -0.05) is 29.8 Å². The summed E-state index contributed by atoms with van der Waals surface area (Å²) in [7, 11) is 2.14. The Labute approximate surface area is 121 Å². The molecule has 0 saturated carbocycles. The number of hydrogen-bond acceptors (Lipinski definition) is 2. The number of piperazine rings is 1. The Balaban J connectivity index is 2.01. The van der Waals surface area contributed by atoms with Crippen LogP contribution in [0.3, 0.4) is 0 Å². The molecule has 1 aromatic carbocycles. The minimum absolute atomic E-state index is 0.358. The zero-order valence-electron chi connectivity index (χ0n) is 12.3. The van der Waals surface area contributed by atoms with Crippen molar-refractivity contribution in [1.82, 2.24) is 14.8 Å². The van der Waals surface area contributed by atoms with E-state index in [0.29, 0.717) is 6.04 Å². The molecular weight excluding hydrogens is 246 g/mol. The molecule has 0 aliphatic carbocycles. The van der Waals surface area contributed by atoms with Crippen LogP contribution in [0.1, 0.15) is 22.9 Å². The van der Waals surface area contributed by atoms with Gasteiger partial charge in [0.25, 0.3) is 0 Å². The van der Waals surface area contributed by atoms with Crippen molar-refractivity contribution in [1.29, 1.82) is 0 Å². The van der Waals surface area contributed by atoms with Crippen LogP contribution in [0.2, 0.25) is 0 Å². The third kappa shape index (κ3) is 2.65. The fraction of sp³-hybridized carbons (Fsp3) is 0.412. The second kappa shape index (κ2) is 5.81. The molecule has 1 aliphatic rings. The largest absolute Gasteiger partial charge is 0.353 e. The molecule has 1 N–H and O–H groups in total. The van der Waals surface area contributed by atoms with E-state index >= 15 is 0 Å². The Morgan fingerprint density at radius 2 is 1.90 bits per heavy atom. The highest BCUT2D eigenvalue weighted by atomic mass is 15.2. The second-order valence-electron chi connectivity index (χ2n) is 5.65. The Morgan fingerprint density at radius 3 is 2.55 bits per heavy atom. The minimum Gasteiger partial charge on any atom is -0.353 e. The summed E-state index contributed by atoms with van der Waals surface area (Å²) in [4.78, 5) is 2.58. The quantitative estimate of drug-likeness (QED) is 0.923. The third-order valence-corrected chi connectivity index (χ3v) is 4.14. The van der Waals surface area contributed by atoms with Gasteiger partial charge in [-0.2, -0.15) is 0 Å². The maximum Gasteiger partial charge on any atom is 0.0757 e. The summed E-state index contributed by atoms with van der Waals surface area (Å²) in [6.07, 6.45) is 2.14. The summed E-state index contributed by atoms with van der Waals surface area (Å²) in [5, 5.41) is 3.44. The molecule has 1 saturated heterocycles. The normalized spacial score (nSPS) is 18.1. The van der Waals surface area contributed by atoms with E-state index in [2.05, 4.69) is 71.4 Å². The maximum atomic E-state index is 3.44. The molecule has 3 nitrogen and oxygen atoms in total. The summed E-state index contributed by atoms with van der Waals surface area (Å²) in [5.41, 5.74) is 4.10. The molecule has 0 bridgehead atoms. The van der Waals surface area contributed by atoms with Crippen molar-refractivity contribution in [2.24, 2.45) is 7.05 Å². The predicted octanol–water partition coefficient (Wildman–Crippen LogP) is 2.33. The van der Waals surface area contributed by atoms with Gasteiger partial charge in [-0.3, -0.25) is 4.90 Å². The number of aryl methyl sites for hydroxylation is 2. The Hall–Kier alpha value is -1.58. The molecule has 20 heavy (non-hydrogen) atoms. The molecule has 1 aromatic heterocycles. The van der Waals surface area contributed by atoms with E-state index in [1.165, 1.54) is 16.8 Å². The lowest BCUT2D eigenvalue weighted by Crippen LogP contribution is -2.45. The first-order valence-corrected chi connectivity index (χ1v) is 7.38. The van der Waals surface area contributed by atoms with E-state index < -0.39 is 0 Å². The smallest absolute Gasteiger partial charge is 0.0757 e. The molecule has 0 spiro atoms. The fourth-order valence-electron chi connectivity index (χ4n) is 3.11. The molecule has 0 amide bonds. The summed E-state index contributed by atoms with van der Waals surface area (Å²) in [6.45, 7) is 6.52. The highest BCUT2D eigenvalue weighted by Gasteiger charge is 2.25. The van der Waals surface area contributed by atoms with Crippen molar-refractivity contribution < 1.29 is 0 Å². The van der Waals surface area contributed by atoms with Crippen LogP contribution in [0.5, 0.6) is 0 Å². The summed E-state index contributed by atoms with van der Waals surface area (Å²) < 4.78 is 2.25. The average Bonchev–Trinajstić information content (AvgIpc) is 2.87. The fourth-order valence-corrected chi connectivity index (χ4v) is 3.11. The van der Waals surface area contributed by atoms with Gasteiger partial charge in [0.05, 0.1) is 6.04 Å². The van der Waals surface area contributed by atoms with Crippen LogP contribution in [0, 0.1) is 6.92 Å².